The molecule has 1 amide bonds. The molecule has 0 saturated heterocycles. The van der Waals surface area contributed by atoms with Crippen molar-refractivity contribution in [2.75, 3.05) is 5.32 Å². The number of hydrogen-bond acceptors (Lipinski definition) is 4. The van der Waals surface area contributed by atoms with E-state index in [0.717, 1.165) is 47.8 Å². The van der Waals surface area contributed by atoms with Crippen molar-refractivity contribution < 1.29 is 4.79 Å². The normalized spacial score (nSPS) is 13.4. The van der Waals surface area contributed by atoms with Gasteiger partial charge in [0.25, 0.3) is 0 Å². The average molecular weight is 434 g/mol. The molecule has 1 aromatic heterocycles. The van der Waals surface area contributed by atoms with Gasteiger partial charge in [0.05, 0.1) is 0 Å². The maximum atomic E-state index is 12.3. The highest BCUT2D eigenvalue weighted by atomic mass is 35.5. The van der Waals surface area contributed by atoms with Gasteiger partial charge in [0, 0.05) is 36.7 Å². The van der Waals surface area contributed by atoms with Gasteiger partial charge in [-0.3, -0.25) is 4.79 Å². The molecule has 1 aliphatic heterocycles. The summed E-state index contributed by atoms with van der Waals surface area (Å²) < 4.78 is 2.19. The molecule has 1 unspecified atom stereocenters. The van der Waals surface area contributed by atoms with Crippen molar-refractivity contribution in [2.45, 2.75) is 38.3 Å². The standard InChI is InChI=1S/C21H23N5O.2ClH/c22-18(15-6-2-1-3-7-15)14-20(27)23-17-11-9-16(10-12-17)21-25-24-19-8-4-5-13-26(19)21;;/h1-3,6-7,9-12,18H,4-5,8,13-14,22H2,(H,23,27);2*1H. The van der Waals surface area contributed by atoms with Gasteiger partial charge >= 0.3 is 0 Å². The van der Waals surface area contributed by atoms with Gasteiger partial charge in [0.15, 0.2) is 5.82 Å². The summed E-state index contributed by atoms with van der Waals surface area (Å²) in [7, 11) is 0. The van der Waals surface area contributed by atoms with Gasteiger partial charge in [0.2, 0.25) is 5.91 Å². The van der Waals surface area contributed by atoms with Gasteiger partial charge in [-0.1, -0.05) is 30.3 Å². The number of carbonyl (C=O) groups excluding carboxylic acids is 1. The minimum Gasteiger partial charge on any atom is -0.326 e. The predicted molar refractivity (Wildman–Crippen MR) is 120 cm³/mol. The van der Waals surface area contributed by atoms with Crippen molar-refractivity contribution in [2.24, 2.45) is 5.73 Å². The van der Waals surface area contributed by atoms with Crippen LogP contribution in [0.3, 0.4) is 0 Å². The van der Waals surface area contributed by atoms with Crippen LogP contribution >= 0.6 is 24.8 Å². The molecule has 3 N–H and O–H groups in total. The smallest absolute Gasteiger partial charge is 0.226 e. The van der Waals surface area contributed by atoms with Crippen molar-refractivity contribution in [1.82, 2.24) is 14.8 Å². The fourth-order valence-electron chi connectivity index (χ4n) is 3.45. The van der Waals surface area contributed by atoms with Crippen LogP contribution in [0.2, 0.25) is 0 Å². The summed E-state index contributed by atoms with van der Waals surface area (Å²) in [4.78, 5) is 12.3. The Morgan fingerprint density at radius 1 is 1.03 bits per heavy atom. The Hall–Kier alpha value is -2.41. The van der Waals surface area contributed by atoms with Gasteiger partial charge in [-0.05, 0) is 42.7 Å². The molecule has 0 fully saturated rings. The molecule has 3 aromatic rings. The number of amides is 1. The number of nitrogens with one attached hydrogen (secondary N) is 1. The van der Waals surface area contributed by atoms with E-state index in [1.54, 1.807) is 0 Å². The summed E-state index contributed by atoms with van der Waals surface area (Å²) in [5.74, 6) is 1.86. The lowest BCUT2D eigenvalue weighted by atomic mass is 10.0. The lowest BCUT2D eigenvalue weighted by molar-refractivity contribution is -0.116. The van der Waals surface area contributed by atoms with Crippen LogP contribution in [0.15, 0.2) is 54.6 Å². The maximum absolute atomic E-state index is 12.3. The summed E-state index contributed by atoms with van der Waals surface area (Å²) in [5, 5.41) is 11.6. The Labute approximate surface area is 182 Å². The van der Waals surface area contributed by atoms with Crippen LogP contribution in [0.5, 0.6) is 0 Å². The number of nitrogens with zero attached hydrogens (tertiary/aromatic N) is 3. The molecule has 0 bridgehead atoms. The second-order valence-electron chi connectivity index (χ2n) is 6.90. The molecule has 2 heterocycles. The first kappa shape index (κ1) is 22.9. The Bertz CT molecular complexity index is 928. The summed E-state index contributed by atoms with van der Waals surface area (Å²) in [6.45, 7) is 0.966. The minimum absolute atomic E-state index is 0. The van der Waals surface area contributed by atoms with Crippen LogP contribution in [0.25, 0.3) is 11.4 Å². The van der Waals surface area contributed by atoms with Gasteiger partial charge in [0.1, 0.15) is 5.82 Å². The summed E-state index contributed by atoms with van der Waals surface area (Å²) in [6.07, 6.45) is 3.56. The molecule has 154 valence electrons. The third kappa shape index (κ3) is 5.35. The quantitative estimate of drug-likeness (QED) is 0.632. The highest BCUT2D eigenvalue weighted by Crippen LogP contribution is 2.24. The number of halogens is 2. The third-order valence-electron chi connectivity index (χ3n) is 4.92. The molecule has 0 radical (unpaired) electrons. The van der Waals surface area contributed by atoms with Gasteiger partial charge in [-0.25, -0.2) is 0 Å². The van der Waals surface area contributed by atoms with Crippen LogP contribution in [0.4, 0.5) is 5.69 Å². The monoisotopic (exact) mass is 433 g/mol. The van der Waals surface area contributed by atoms with E-state index in [1.165, 1.54) is 6.42 Å². The third-order valence-corrected chi connectivity index (χ3v) is 4.92. The van der Waals surface area contributed by atoms with E-state index in [1.807, 2.05) is 54.6 Å². The zero-order chi connectivity index (χ0) is 18.6. The van der Waals surface area contributed by atoms with Crippen LogP contribution < -0.4 is 11.1 Å². The number of anilines is 1. The van der Waals surface area contributed by atoms with Gasteiger partial charge in [-0.2, -0.15) is 0 Å². The highest BCUT2D eigenvalue weighted by Gasteiger charge is 2.17. The Balaban J connectivity index is 0.00000150. The minimum atomic E-state index is -0.312. The molecule has 4 rings (SSSR count). The first-order chi connectivity index (χ1) is 13.2. The number of hydrogen-bond donors (Lipinski definition) is 2. The highest BCUT2D eigenvalue weighted by molar-refractivity contribution is 5.91. The van der Waals surface area contributed by atoms with E-state index in [9.17, 15) is 4.79 Å². The predicted octanol–water partition coefficient (Wildman–Crippen LogP) is 4.15. The molecule has 1 atom stereocenters. The number of benzene rings is 2. The lowest BCUT2D eigenvalue weighted by Gasteiger charge is -2.15. The molecular weight excluding hydrogens is 409 g/mol. The van der Waals surface area contributed by atoms with E-state index >= 15 is 0 Å². The van der Waals surface area contributed by atoms with Crippen LogP contribution in [-0.2, 0) is 17.8 Å². The van der Waals surface area contributed by atoms with Crippen molar-refractivity contribution in [3.8, 4) is 11.4 Å². The van der Waals surface area contributed by atoms with E-state index in [2.05, 4.69) is 20.1 Å². The molecule has 2 aromatic carbocycles. The van der Waals surface area contributed by atoms with E-state index in [0.29, 0.717) is 0 Å². The largest absolute Gasteiger partial charge is 0.326 e. The number of aryl methyl sites for hydroxylation is 1. The molecule has 0 aliphatic carbocycles. The zero-order valence-corrected chi connectivity index (χ0v) is 17.6. The van der Waals surface area contributed by atoms with Crippen LogP contribution in [0, 0.1) is 0 Å². The van der Waals surface area contributed by atoms with Gasteiger partial charge in [-0.15, -0.1) is 35.0 Å². The second-order valence-corrected chi connectivity index (χ2v) is 6.90. The summed E-state index contributed by atoms with van der Waals surface area (Å²) >= 11 is 0. The van der Waals surface area contributed by atoms with Crippen LogP contribution in [-0.4, -0.2) is 20.7 Å². The summed E-state index contributed by atoms with van der Waals surface area (Å²) in [5.41, 5.74) is 8.84. The van der Waals surface area contributed by atoms with Crippen molar-refractivity contribution in [1.29, 1.82) is 0 Å². The number of fused-ring (bicyclic) bond motifs is 1. The van der Waals surface area contributed by atoms with Crippen molar-refractivity contribution in [3.63, 3.8) is 0 Å². The number of rotatable bonds is 5. The number of carbonyl (C=O) groups is 1. The van der Waals surface area contributed by atoms with Crippen molar-refractivity contribution >= 4 is 36.4 Å². The lowest BCUT2D eigenvalue weighted by Crippen LogP contribution is -2.20. The SMILES string of the molecule is Cl.Cl.NC(CC(=O)Nc1ccc(-c2nnc3n2CCCC3)cc1)c1ccccc1. The average Bonchev–Trinajstić information content (AvgIpc) is 3.13. The first-order valence-electron chi connectivity index (χ1n) is 9.33. The molecule has 8 heteroatoms. The molecular formula is C21H25Cl2N5O. The first-order valence-corrected chi connectivity index (χ1v) is 9.33. The topological polar surface area (TPSA) is 85.8 Å². The van der Waals surface area contributed by atoms with Crippen LogP contribution in [0.1, 0.15) is 36.7 Å². The molecule has 1 aliphatic rings. The summed E-state index contributed by atoms with van der Waals surface area (Å²) in [6, 6.07) is 17.1. The number of aromatic nitrogens is 3. The number of nitrogens with two attached hydrogens (primary N) is 1. The van der Waals surface area contributed by atoms with Crippen molar-refractivity contribution in [3.05, 3.63) is 66.0 Å². The van der Waals surface area contributed by atoms with E-state index < -0.39 is 0 Å². The molecule has 6 nitrogen and oxygen atoms in total. The van der Waals surface area contributed by atoms with Gasteiger partial charge < -0.3 is 15.6 Å². The second kappa shape index (κ2) is 10.4. The molecule has 0 spiro atoms. The Kier molecular flexibility index (Phi) is 8.20. The molecule has 0 saturated carbocycles. The molecule has 29 heavy (non-hydrogen) atoms. The zero-order valence-electron chi connectivity index (χ0n) is 16.0. The van der Waals surface area contributed by atoms with E-state index in [4.69, 9.17) is 5.73 Å². The Morgan fingerprint density at radius 3 is 2.48 bits per heavy atom. The fraction of sp³-hybridized carbons (Fsp3) is 0.286. The van der Waals surface area contributed by atoms with E-state index in [-0.39, 0.29) is 43.2 Å². The maximum Gasteiger partial charge on any atom is 0.226 e. The Morgan fingerprint density at radius 2 is 1.76 bits per heavy atom. The fourth-order valence-corrected chi connectivity index (χ4v) is 3.45.